The highest BCUT2D eigenvalue weighted by Gasteiger charge is 2.59. The van der Waals surface area contributed by atoms with Crippen molar-refractivity contribution in [1.29, 1.82) is 0 Å². The van der Waals surface area contributed by atoms with E-state index in [0.717, 1.165) is 36.8 Å². The molecule has 0 aromatic rings. The maximum atomic E-state index is 11.7. The maximum absolute atomic E-state index is 11.7. The molecule has 7 atom stereocenters. The van der Waals surface area contributed by atoms with Crippen LogP contribution >= 0.6 is 0 Å². The highest BCUT2D eigenvalue weighted by atomic mass is 16.6. The molecule has 0 radical (unpaired) electrons. The molecule has 0 aliphatic heterocycles. The predicted molar refractivity (Wildman–Crippen MR) is 124 cm³/mol. The van der Waals surface area contributed by atoms with Crippen molar-refractivity contribution in [3.8, 4) is 0 Å². The molecule has 6 nitrogen and oxygen atoms in total. The van der Waals surface area contributed by atoms with Crippen LogP contribution in [0.2, 0.25) is 0 Å². The van der Waals surface area contributed by atoms with Gasteiger partial charge in [0.15, 0.2) is 0 Å². The summed E-state index contributed by atoms with van der Waals surface area (Å²) >= 11 is 0. The molecule has 178 valence electrons. The molecule has 4 rings (SSSR count). The molecule has 32 heavy (non-hydrogen) atoms. The Hall–Kier alpha value is -1.85. The number of amides is 1. The number of ether oxygens (including phenoxy) is 2. The van der Waals surface area contributed by atoms with Crippen molar-refractivity contribution in [3.05, 3.63) is 11.6 Å². The first-order chi connectivity index (χ1) is 15.2. The van der Waals surface area contributed by atoms with E-state index >= 15 is 0 Å². The van der Waals surface area contributed by atoms with Gasteiger partial charge in [0.05, 0.1) is 12.3 Å². The van der Waals surface area contributed by atoms with Crippen LogP contribution in [0.3, 0.4) is 0 Å². The quantitative estimate of drug-likeness (QED) is 0.347. The van der Waals surface area contributed by atoms with Gasteiger partial charge in [-0.2, -0.15) is 5.10 Å². The van der Waals surface area contributed by atoms with Crippen molar-refractivity contribution < 1.29 is 19.1 Å². The second kappa shape index (κ2) is 8.83. The van der Waals surface area contributed by atoms with E-state index < -0.39 is 6.09 Å². The van der Waals surface area contributed by atoms with Gasteiger partial charge in [0.25, 0.3) is 0 Å². The number of hydrogen-bond donors (Lipinski definition) is 1. The first kappa shape index (κ1) is 23.3. The fourth-order valence-corrected chi connectivity index (χ4v) is 8.04. The van der Waals surface area contributed by atoms with E-state index in [-0.39, 0.29) is 17.5 Å². The second-order valence-electron chi connectivity index (χ2n) is 11.0. The molecule has 0 saturated heterocycles. The zero-order valence-corrected chi connectivity index (χ0v) is 20.4. The van der Waals surface area contributed by atoms with Crippen LogP contribution in [0.25, 0.3) is 0 Å². The summed E-state index contributed by atoms with van der Waals surface area (Å²) in [6.07, 6.45) is 11.3. The Labute approximate surface area is 192 Å². The highest BCUT2D eigenvalue weighted by Crippen LogP contribution is 2.66. The van der Waals surface area contributed by atoms with Crippen molar-refractivity contribution >= 4 is 17.8 Å². The van der Waals surface area contributed by atoms with Gasteiger partial charge >= 0.3 is 12.1 Å². The van der Waals surface area contributed by atoms with Crippen LogP contribution in [-0.2, 0) is 14.3 Å². The van der Waals surface area contributed by atoms with Crippen molar-refractivity contribution in [2.75, 3.05) is 6.61 Å². The third-order valence-electron chi connectivity index (χ3n) is 9.51. The monoisotopic (exact) mass is 444 g/mol. The molecule has 0 aromatic heterocycles. The maximum Gasteiger partial charge on any atom is 0.427 e. The molecule has 4 aliphatic rings. The lowest BCUT2D eigenvalue weighted by Crippen LogP contribution is -2.54. The number of hydrogen-bond acceptors (Lipinski definition) is 5. The van der Waals surface area contributed by atoms with Gasteiger partial charge in [0.2, 0.25) is 0 Å². The minimum absolute atomic E-state index is 0.112. The Balaban J connectivity index is 1.47. The highest BCUT2D eigenvalue weighted by molar-refractivity contribution is 6.00. The molecule has 7 unspecified atom stereocenters. The number of hydrazone groups is 1. The van der Waals surface area contributed by atoms with Crippen molar-refractivity contribution in [2.24, 2.45) is 39.6 Å². The largest absolute Gasteiger partial charge is 0.463 e. The lowest BCUT2D eigenvalue weighted by Gasteiger charge is -2.60. The molecule has 6 heteroatoms. The average molecular weight is 445 g/mol. The molecular formula is C26H40N2O4. The van der Waals surface area contributed by atoms with E-state index in [1.54, 1.807) is 6.92 Å². The van der Waals surface area contributed by atoms with Crippen LogP contribution in [-0.4, -0.2) is 30.5 Å². The van der Waals surface area contributed by atoms with Gasteiger partial charge < -0.3 is 9.47 Å². The molecule has 4 aliphatic carbocycles. The summed E-state index contributed by atoms with van der Waals surface area (Å²) in [5.74, 6) is 2.66. The number of nitrogens with one attached hydrogen (secondary N) is 1. The third kappa shape index (κ3) is 3.99. The van der Waals surface area contributed by atoms with Gasteiger partial charge in [-0.1, -0.05) is 19.9 Å². The van der Waals surface area contributed by atoms with Crippen LogP contribution in [0, 0.1) is 34.5 Å². The summed E-state index contributed by atoms with van der Waals surface area (Å²) in [5, 5.41) is 4.36. The summed E-state index contributed by atoms with van der Waals surface area (Å²) in [6, 6.07) is 0. The zero-order valence-electron chi connectivity index (χ0n) is 20.4. The van der Waals surface area contributed by atoms with Crippen LogP contribution < -0.4 is 5.43 Å². The summed E-state index contributed by atoms with van der Waals surface area (Å²) in [6.45, 7) is 10.6. The number of fused-ring (bicyclic) bond motifs is 5. The fourth-order valence-electron chi connectivity index (χ4n) is 8.04. The molecule has 3 saturated carbocycles. The van der Waals surface area contributed by atoms with E-state index in [2.05, 4.69) is 30.5 Å². The Morgan fingerprint density at radius 3 is 2.62 bits per heavy atom. The summed E-state index contributed by atoms with van der Waals surface area (Å²) in [4.78, 5) is 23.2. The lowest BCUT2D eigenvalue weighted by atomic mass is 9.44. The minimum atomic E-state index is -0.494. The van der Waals surface area contributed by atoms with Gasteiger partial charge in [0.1, 0.15) is 6.10 Å². The number of nitrogens with zero attached hydrogens (tertiary/aromatic N) is 1. The minimum Gasteiger partial charge on any atom is -0.463 e. The number of carbonyl (C=O) groups excluding carboxylic acids is 2. The number of carbonyl (C=O) groups is 2. The Kier molecular flexibility index (Phi) is 6.43. The van der Waals surface area contributed by atoms with Gasteiger partial charge in [-0.05, 0) is 105 Å². The Bertz CT molecular complexity index is 821. The van der Waals surface area contributed by atoms with E-state index in [1.807, 2.05) is 6.92 Å². The average Bonchev–Trinajstić information content (AvgIpc) is 3.09. The van der Waals surface area contributed by atoms with Crippen LogP contribution in [0.15, 0.2) is 16.8 Å². The van der Waals surface area contributed by atoms with Crippen molar-refractivity contribution in [1.82, 2.24) is 5.43 Å². The van der Waals surface area contributed by atoms with Crippen LogP contribution in [0.1, 0.15) is 86.0 Å². The molecular weight excluding hydrogens is 404 g/mol. The lowest BCUT2D eigenvalue weighted by molar-refractivity contribution is -0.158. The van der Waals surface area contributed by atoms with Crippen molar-refractivity contribution in [2.45, 2.75) is 92.1 Å². The van der Waals surface area contributed by atoms with Gasteiger partial charge in [-0.15, -0.1) is 0 Å². The number of allylic oxidation sites excluding steroid dienone is 2. The predicted octanol–water partition coefficient (Wildman–Crippen LogP) is 5.62. The molecule has 1 amide bonds. The molecule has 0 aromatic carbocycles. The SMILES string of the molecule is CCOC(=O)NN=C(C)C1=CCC2C3CCC4CC(OC(C)=O)CCC4(C)C3CCC12C. The first-order valence-electron chi connectivity index (χ1n) is 12.5. The summed E-state index contributed by atoms with van der Waals surface area (Å²) < 4.78 is 10.5. The van der Waals surface area contributed by atoms with Gasteiger partial charge in [0, 0.05) is 6.92 Å². The normalized spacial score (nSPS) is 41.0. The van der Waals surface area contributed by atoms with Gasteiger partial charge in [-0.25, -0.2) is 10.2 Å². The zero-order chi connectivity index (χ0) is 23.1. The molecule has 1 N–H and O–H groups in total. The number of esters is 1. The summed E-state index contributed by atoms with van der Waals surface area (Å²) in [7, 11) is 0. The summed E-state index contributed by atoms with van der Waals surface area (Å²) in [5.41, 5.74) is 5.24. The van der Waals surface area contributed by atoms with E-state index in [4.69, 9.17) is 9.47 Å². The standard InChI is InChI=1S/C26H40N2O4/c1-6-31-24(30)28-27-16(2)21-9-10-22-20-8-7-18-15-19(32-17(3)29)11-13-25(18,4)23(20)12-14-26(21,22)5/h9,18-20,22-23H,6-8,10-15H2,1-5H3,(H,28,30). The van der Waals surface area contributed by atoms with Crippen molar-refractivity contribution in [3.63, 3.8) is 0 Å². The van der Waals surface area contributed by atoms with E-state index in [9.17, 15) is 9.59 Å². The smallest absolute Gasteiger partial charge is 0.427 e. The number of rotatable bonds is 4. The molecule has 3 fully saturated rings. The molecule has 0 bridgehead atoms. The van der Waals surface area contributed by atoms with Crippen LogP contribution in [0.5, 0.6) is 0 Å². The topological polar surface area (TPSA) is 77.0 Å². The Morgan fingerprint density at radius 1 is 1.12 bits per heavy atom. The third-order valence-corrected chi connectivity index (χ3v) is 9.51. The van der Waals surface area contributed by atoms with Crippen LogP contribution in [0.4, 0.5) is 4.79 Å². The second-order valence-corrected chi connectivity index (χ2v) is 11.0. The Morgan fingerprint density at radius 2 is 1.91 bits per heavy atom. The molecule has 0 heterocycles. The molecule has 0 spiro atoms. The van der Waals surface area contributed by atoms with E-state index in [0.29, 0.717) is 23.9 Å². The fraction of sp³-hybridized carbons (Fsp3) is 0.808. The first-order valence-corrected chi connectivity index (χ1v) is 12.5. The van der Waals surface area contributed by atoms with Gasteiger partial charge in [-0.3, -0.25) is 4.79 Å². The van der Waals surface area contributed by atoms with E-state index in [1.165, 1.54) is 44.6 Å².